The van der Waals surface area contributed by atoms with Gasteiger partial charge in [0.1, 0.15) is 33.3 Å². The smallest absolute Gasteiger partial charge is 0.166 e. The number of aromatic nitrogens is 18. The second-order valence-electron chi connectivity index (χ2n) is 32.5. The summed E-state index contributed by atoms with van der Waals surface area (Å²) in [5, 5.41) is 40.4. The number of nitrogens with zero attached hydrogens (tertiary/aromatic N) is 19. The molecule has 21 rings (SSSR count). The van der Waals surface area contributed by atoms with Crippen molar-refractivity contribution in [3.05, 3.63) is 206 Å². The van der Waals surface area contributed by atoms with Gasteiger partial charge in [0.05, 0.1) is 61.5 Å². The number of nitrogens with one attached hydrogen (secondary N) is 4. The second kappa shape index (κ2) is 36.1. The highest BCUT2D eigenvalue weighted by molar-refractivity contribution is 9.11. The number of fused-ring (bicyclic) bond motifs is 4. The number of pyridine rings is 1. The lowest BCUT2D eigenvalue weighted by Crippen LogP contribution is -2.11. The molecule has 5 aliphatic rings. The number of halogens is 2. The minimum absolute atomic E-state index is 0.462. The number of rotatable bonds is 17. The third kappa shape index (κ3) is 17.8. The van der Waals surface area contributed by atoms with Gasteiger partial charge in [-0.2, -0.15) is 47.2 Å². The Balaban J connectivity index is 0.000000109. The van der Waals surface area contributed by atoms with Gasteiger partial charge in [-0.3, -0.25) is 4.99 Å². The van der Waals surface area contributed by atoms with E-state index in [9.17, 15) is 0 Å². The summed E-state index contributed by atoms with van der Waals surface area (Å²) in [7, 11) is 6.11. The predicted octanol–water partition coefficient (Wildman–Crippen LogP) is 24.6. The Hall–Kier alpha value is -10.0. The van der Waals surface area contributed by atoms with Crippen LogP contribution in [0.2, 0.25) is 0 Å². The number of thiophene rings is 2. The molecule has 23 nitrogen and oxygen atoms in total. The number of aliphatic imine (C=N–C) groups is 1. The van der Waals surface area contributed by atoms with Crippen LogP contribution in [0.15, 0.2) is 166 Å². The molecule has 0 spiro atoms. The molecule has 119 heavy (non-hydrogen) atoms. The third-order valence-corrected chi connectivity index (χ3v) is 28.9. The first-order chi connectivity index (χ1) is 58.2. The zero-order valence-corrected chi connectivity index (χ0v) is 74.5. The summed E-state index contributed by atoms with van der Waals surface area (Å²) < 4.78 is 24.7. The summed E-state index contributed by atoms with van der Waals surface area (Å²) >= 11 is 14.0. The van der Waals surface area contributed by atoms with E-state index in [1.165, 1.54) is 192 Å². The van der Waals surface area contributed by atoms with Crippen molar-refractivity contribution in [2.24, 2.45) is 26.1 Å². The molecule has 4 aliphatic carbocycles. The van der Waals surface area contributed by atoms with Crippen molar-refractivity contribution < 1.29 is 0 Å². The molecule has 17 heterocycles. The molecular formula is C90H99Br2N23S4. The summed E-state index contributed by atoms with van der Waals surface area (Å²) in [5.74, 6) is 6.62. The maximum absolute atomic E-state index is 5.16. The van der Waals surface area contributed by atoms with Crippen molar-refractivity contribution in [2.45, 2.75) is 192 Å². The average molecular weight is 1790 g/mol. The molecule has 612 valence electrons. The topological polar surface area (TPSA) is 235 Å². The largest absolute Gasteiger partial charge is 0.357 e. The van der Waals surface area contributed by atoms with Crippen LogP contribution in [0, 0.1) is 20.8 Å². The van der Waals surface area contributed by atoms with Crippen LogP contribution >= 0.6 is 77.6 Å². The van der Waals surface area contributed by atoms with Crippen LogP contribution in [-0.2, 0) is 21.1 Å². The number of hydrogen-bond donors (Lipinski definition) is 4. The first kappa shape index (κ1) is 80.0. The van der Waals surface area contributed by atoms with Crippen molar-refractivity contribution in [1.82, 2.24) is 85.8 Å². The van der Waals surface area contributed by atoms with Crippen molar-refractivity contribution in [3.63, 3.8) is 0 Å². The lowest BCUT2D eigenvalue weighted by atomic mass is 9.87. The molecule has 0 aromatic carbocycles. The molecule has 4 N–H and O–H groups in total. The van der Waals surface area contributed by atoms with Crippen LogP contribution in [0.4, 0.5) is 44.1 Å². The third-order valence-electron chi connectivity index (χ3n) is 23.7. The number of anilines is 8. The lowest BCUT2D eigenvalue weighted by Gasteiger charge is -2.23. The lowest BCUT2D eigenvalue weighted by molar-refractivity contribution is 0.435. The van der Waals surface area contributed by atoms with Crippen LogP contribution in [0.25, 0.3) is 66.4 Å². The molecule has 16 aromatic heterocycles. The van der Waals surface area contributed by atoms with Gasteiger partial charge in [-0.05, 0) is 217 Å². The van der Waals surface area contributed by atoms with E-state index in [-0.39, 0.29) is 0 Å². The Bertz CT molecular complexity index is 6210. The fraction of sp³-hybridized carbons (Fsp3) is 0.378. The van der Waals surface area contributed by atoms with Crippen molar-refractivity contribution >= 4 is 150 Å². The van der Waals surface area contributed by atoms with Gasteiger partial charge in [0.15, 0.2) is 28.4 Å². The van der Waals surface area contributed by atoms with Gasteiger partial charge in [0, 0.05) is 173 Å². The average Bonchev–Trinajstić information content (AvgIpc) is 1.30. The van der Waals surface area contributed by atoms with Crippen molar-refractivity contribution in [3.8, 4) is 43.8 Å². The molecule has 0 amide bonds. The van der Waals surface area contributed by atoms with Crippen LogP contribution in [0.1, 0.15) is 217 Å². The van der Waals surface area contributed by atoms with E-state index in [4.69, 9.17) is 35.1 Å². The highest BCUT2D eigenvalue weighted by Gasteiger charge is 2.29. The predicted molar refractivity (Wildman–Crippen MR) is 493 cm³/mol. The highest BCUT2D eigenvalue weighted by Crippen LogP contribution is 2.45. The fourth-order valence-corrected chi connectivity index (χ4v) is 21.4. The molecule has 4 fully saturated rings. The van der Waals surface area contributed by atoms with E-state index < -0.39 is 0 Å². The Morgan fingerprint density at radius 2 is 0.950 bits per heavy atom. The summed E-state index contributed by atoms with van der Waals surface area (Å²) in [5.41, 5.74) is 21.5. The van der Waals surface area contributed by atoms with E-state index >= 15 is 0 Å². The molecule has 1 aliphatic heterocycles. The highest BCUT2D eigenvalue weighted by atomic mass is 79.9. The van der Waals surface area contributed by atoms with Crippen molar-refractivity contribution in [1.29, 1.82) is 0 Å². The van der Waals surface area contributed by atoms with Crippen LogP contribution < -0.4 is 21.3 Å². The molecule has 0 radical (unpaired) electrons. The molecule has 0 atom stereocenters. The summed E-state index contributed by atoms with van der Waals surface area (Å²) in [4.78, 5) is 31.1. The van der Waals surface area contributed by atoms with Gasteiger partial charge in [-0.25, -0.2) is 24.9 Å². The minimum atomic E-state index is 0.462. The summed E-state index contributed by atoms with van der Waals surface area (Å²) in [6.07, 6.45) is 48.8. The molecule has 4 saturated carbocycles. The van der Waals surface area contributed by atoms with Gasteiger partial charge in [-0.15, -0.1) is 22.7 Å². The molecule has 0 bridgehead atoms. The monoisotopic (exact) mass is 1790 g/mol. The Kier molecular flexibility index (Phi) is 24.3. The number of hydrogen-bond acceptors (Lipinski definition) is 20. The Morgan fingerprint density at radius 3 is 1.42 bits per heavy atom. The zero-order chi connectivity index (χ0) is 81.0. The van der Waals surface area contributed by atoms with Gasteiger partial charge in [-0.1, -0.05) is 83.1 Å². The molecular weight excluding hydrogens is 1690 g/mol. The minimum Gasteiger partial charge on any atom is -0.357 e. The van der Waals surface area contributed by atoms with Gasteiger partial charge < -0.3 is 35.0 Å². The molecule has 16 aromatic rings. The quantitative estimate of drug-likeness (QED) is 0.0664. The molecule has 29 heteroatoms. The van der Waals surface area contributed by atoms with Crippen LogP contribution in [-0.4, -0.2) is 98.1 Å². The maximum Gasteiger partial charge on any atom is 0.166 e. The van der Waals surface area contributed by atoms with Gasteiger partial charge in [0.2, 0.25) is 0 Å². The number of aryl methyl sites for hydroxylation is 6. The molecule has 0 unspecified atom stereocenters. The normalized spacial score (nSPS) is 15.8. The summed E-state index contributed by atoms with van der Waals surface area (Å²) in [6.45, 7) is 7.07. The first-order valence-corrected chi connectivity index (χ1v) is 46.9. The fourth-order valence-electron chi connectivity index (χ4n) is 17.4. The van der Waals surface area contributed by atoms with E-state index in [1.54, 1.807) is 22.7 Å². The van der Waals surface area contributed by atoms with E-state index in [1.807, 2.05) is 96.3 Å². The first-order valence-electron chi connectivity index (χ1n) is 42.0. The molecule has 0 saturated heterocycles. The van der Waals surface area contributed by atoms with E-state index in [0.717, 1.165) is 156 Å². The second-order valence-corrected chi connectivity index (χ2v) is 37.5. The summed E-state index contributed by atoms with van der Waals surface area (Å²) in [6, 6.07) is 27.6. The van der Waals surface area contributed by atoms with Crippen molar-refractivity contribution in [2.75, 3.05) is 27.8 Å². The van der Waals surface area contributed by atoms with Crippen LogP contribution in [0.5, 0.6) is 0 Å². The van der Waals surface area contributed by atoms with Gasteiger partial charge >= 0.3 is 0 Å². The van der Waals surface area contributed by atoms with Crippen LogP contribution in [0.3, 0.4) is 0 Å². The standard InChI is InChI=1S/C27H31N7.C22H25N5S.C21H22Br2N6S.C20H21N5S2/c1-33-14-12-21(18-33)22-17-30-34-26(15-24(31-27(22)34)19-7-3-2-4-8-19)32-25-11-10-20(16-29-25)23-9-5-6-13-28-23;1-15-10-21(28-14-15)25-20-11-19(16-6-4-3-5-7-16)24-22-18(12-23-27(20)22)17-8-9-26(2)13-17;1-12-10-16(30-27-12)25-21-17(22)18(13-6-4-3-5-7-13)26-20-15(11-24-29(20)21)14-8-9-28(2)19(14)23;1-13-10-19(27-24-13)23-18-11-16(14-6-3-2-4-7-14)22-20-15(12-21-25(18)20)17-8-5-9-26-17/h10-12,14-19H,2-9,13H2,1H3,(H,29,32);8-14,16,25H,3-7H2,1-2H3;8-11,13,25H,3-7H2,1-2H3;5,8-12,14,23H,2-4,6-7H2,1H3. The van der Waals surface area contributed by atoms with E-state index in [0.29, 0.717) is 23.7 Å². The maximum atomic E-state index is 5.16. The SMILES string of the molecule is Cc1cc(Nc2c(Br)c(C3CCCCC3)nc3c(-c4ccn(C)c4Br)cnn23)sn1.Cc1cc(Nc2cc(C3CCCCC3)nc3c(-c4cccs4)cnn23)sn1.Cc1csc(Nc2cc(C3CCCCC3)nc3c(-c4ccn(C)c4)cnn23)c1.Cn1ccc(-c2cnn3c(Nc4ccc(C5=NCCCC5)cn4)cc(C4CCCCC4)nc23)c1. The Morgan fingerprint density at radius 1 is 0.437 bits per heavy atom. The van der Waals surface area contributed by atoms with Gasteiger partial charge in [0.25, 0.3) is 0 Å². The zero-order valence-electron chi connectivity index (χ0n) is 68.1. The van der Waals surface area contributed by atoms with E-state index in [2.05, 4.69) is 206 Å². The Labute approximate surface area is 726 Å².